The van der Waals surface area contributed by atoms with Gasteiger partial charge in [0, 0.05) is 30.4 Å². The fourth-order valence-electron chi connectivity index (χ4n) is 2.27. The van der Waals surface area contributed by atoms with Gasteiger partial charge in [-0.15, -0.1) is 0 Å². The molecule has 0 unspecified atom stereocenters. The molecule has 0 amide bonds. The van der Waals surface area contributed by atoms with Gasteiger partial charge in [0.2, 0.25) is 0 Å². The van der Waals surface area contributed by atoms with Crippen molar-refractivity contribution in [1.82, 2.24) is 15.6 Å². The van der Waals surface area contributed by atoms with Crippen LogP contribution in [0.5, 0.6) is 0 Å². The fraction of sp³-hybridized carbons (Fsp3) is 0.692. The SMILES string of the molecule is CC(C)(CNC1CCNCC1)c1cc[nH]c1. The summed E-state index contributed by atoms with van der Waals surface area (Å²) in [6.45, 7) is 7.95. The minimum Gasteiger partial charge on any atom is -0.367 e. The maximum Gasteiger partial charge on any atom is 0.00915 e. The van der Waals surface area contributed by atoms with Gasteiger partial charge in [0.25, 0.3) is 0 Å². The maximum absolute atomic E-state index is 3.70. The molecule has 0 aliphatic carbocycles. The van der Waals surface area contributed by atoms with Gasteiger partial charge in [0.15, 0.2) is 0 Å². The second-order valence-corrected chi connectivity index (χ2v) is 5.39. The third-order valence-corrected chi connectivity index (χ3v) is 3.55. The summed E-state index contributed by atoms with van der Waals surface area (Å²) in [4.78, 5) is 3.14. The van der Waals surface area contributed by atoms with Gasteiger partial charge in [-0.1, -0.05) is 13.8 Å². The van der Waals surface area contributed by atoms with Crippen molar-refractivity contribution in [3.63, 3.8) is 0 Å². The summed E-state index contributed by atoms with van der Waals surface area (Å²) in [5, 5.41) is 7.09. The molecule has 90 valence electrons. The molecule has 1 aliphatic heterocycles. The van der Waals surface area contributed by atoms with E-state index < -0.39 is 0 Å². The van der Waals surface area contributed by atoms with Crippen LogP contribution < -0.4 is 10.6 Å². The maximum atomic E-state index is 3.70. The van der Waals surface area contributed by atoms with Crippen LogP contribution in [0.2, 0.25) is 0 Å². The number of nitrogens with one attached hydrogen (secondary N) is 3. The van der Waals surface area contributed by atoms with E-state index in [1.807, 2.05) is 6.20 Å². The van der Waals surface area contributed by atoms with Crippen molar-refractivity contribution in [3.05, 3.63) is 24.0 Å². The van der Waals surface area contributed by atoms with E-state index in [-0.39, 0.29) is 5.41 Å². The number of rotatable bonds is 4. The van der Waals surface area contributed by atoms with E-state index in [0.717, 1.165) is 19.6 Å². The molecule has 1 aromatic heterocycles. The first kappa shape index (κ1) is 11.7. The Labute approximate surface area is 98.0 Å². The molecule has 2 heterocycles. The quantitative estimate of drug-likeness (QED) is 0.723. The van der Waals surface area contributed by atoms with Crippen LogP contribution in [0.3, 0.4) is 0 Å². The molecule has 0 saturated carbocycles. The highest BCUT2D eigenvalue weighted by Gasteiger charge is 2.22. The third kappa shape index (κ3) is 2.86. The lowest BCUT2D eigenvalue weighted by atomic mass is 9.86. The van der Waals surface area contributed by atoms with Crippen molar-refractivity contribution in [2.75, 3.05) is 19.6 Å². The molecule has 1 fully saturated rings. The van der Waals surface area contributed by atoms with Crippen LogP contribution in [0.1, 0.15) is 32.3 Å². The average Bonchev–Trinajstić information content (AvgIpc) is 2.82. The summed E-state index contributed by atoms with van der Waals surface area (Å²) in [5.74, 6) is 0. The molecule has 16 heavy (non-hydrogen) atoms. The Morgan fingerprint density at radius 1 is 1.38 bits per heavy atom. The molecule has 3 heteroatoms. The summed E-state index contributed by atoms with van der Waals surface area (Å²) in [6.07, 6.45) is 6.61. The van der Waals surface area contributed by atoms with Crippen LogP contribution in [0.4, 0.5) is 0 Å². The van der Waals surface area contributed by atoms with Crippen molar-refractivity contribution in [3.8, 4) is 0 Å². The molecule has 2 rings (SSSR count). The summed E-state index contributed by atoms with van der Waals surface area (Å²) >= 11 is 0. The van der Waals surface area contributed by atoms with Crippen LogP contribution >= 0.6 is 0 Å². The van der Waals surface area contributed by atoms with E-state index in [4.69, 9.17) is 0 Å². The fourth-order valence-corrected chi connectivity index (χ4v) is 2.27. The molecule has 1 saturated heterocycles. The summed E-state index contributed by atoms with van der Waals surface area (Å²) in [5.41, 5.74) is 1.60. The van der Waals surface area contributed by atoms with Crippen molar-refractivity contribution in [1.29, 1.82) is 0 Å². The first-order valence-corrected chi connectivity index (χ1v) is 6.26. The van der Waals surface area contributed by atoms with Gasteiger partial charge in [0.1, 0.15) is 0 Å². The highest BCUT2D eigenvalue weighted by Crippen LogP contribution is 2.22. The van der Waals surface area contributed by atoms with Crippen LogP contribution in [-0.4, -0.2) is 30.7 Å². The minimum atomic E-state index is 0.213. The largest absolute Gasteiger partial charge is 0.367 e. The Morgan fingerprint density at radius 2 is 2.12 bits per heavy atom. The Morgan fingerprint density at radius 3 is 2.75 bits per heavy atom. The Kier molecular flexibility index (Phi) is 3.66. The summed E-state index contributed by atoms with van der Waals surface area (Å²) in [6, 6.07) is 2.86. The van der Waals surface area contributed by atoms with Gasteiger partial charge in [-0.25, -0.2) is 0 Å². The lowest BCUT2D eigenvalue weighted by Crippen LogP contribution is -2.44. The number of hydrogen-bond acceptors (Lipinski definition) is 2. The highest BCUT2D eigenvalue weighted by molar-refractivity contribution is 5.20. The van der Waals surface area contributed by atoms with Crippen molar-refractivity contribution in [2.45, 2.75) is 38.1 Å². The lowest BCUT2D eigenvalue weighted by molar-refractivity contribution is 0.351. The molecule has 0 bridgehead atoms. The molecule has 3 nitrogen and oxygen atoms in total. The van der Waals surface area contributed by atoms with E-state index in [1.165, 1.54) is 18.4 Å². The zero-order chi connectivity index (χ0) is 11.4. The standard InChI is InChI=1S/C13H23N3/c1-13(2,11-3-6-15-9-11)10-16-12-4-7-14-8-5-12/h3,6,9,12,14-16H,4-5,7-8,10H2,1-2H3. The molecule has 0 aromatic carbocycles. The predicted octanol–water partition coefficient (Wildman–Crippen LogP) is 1.63. The van der Waals surface area contributed by atoms with Crippen LogP contribution in [-0.2, 0) is 5.41 Å². The number of aromatic nitrogens is 1. The van der Waals surface area contributed by atoms with E-state index in [1.54, 1.807) is 0 Å². The minimum absolute atomic E-state index is 0.213. The molecular weight excluding hydrogens is 198 g/mol. The second kappa shape index (κ2) is 5.02. The van der Waals surface area contributed by atoms with Gasteiger partial charge in [-0.3, -0.25) is 0 Å². The first-order valence-electron chi connectivity index (χ1n) is 6.26. The lowest BCUT2D eigenvalue weighted by Gasteiger charge is -2.30. The van der Waals surface area contributed by atoms with Crippen molar-refractivity contribution < 1.29 is 0 Å². The number of piperidine rings is 1. The predicted molar refractivity (Wildman–Crippen MR) is 67.7 cm³/mol. The van der Waals surface area contributed by atoms with Crippen LogP contribution in [0.25, 0.3) is 0 Å². The van der Waals surface area contributed by atoms with Gasteiger partial charge < -0.3 is 15.6 Å². The molecule has 1 aliphatic rings. The first-order chi connectivity index (χ1) is 7.68. The molecule has 0 radical (unpaired) electrons. The topological polar surface area (TPSA) is 39.8 Å². The van der Waals surface area contributed by atoms with Crippen LogP contribution in [0, 0.1) is 0 Å². The second-order valence-electron chi connectivity index (χ2n) is 5.39. The van der Waals surface area contributed by atoms with E-state index in [0.29, 0.717) is 6.04 Å². The Balaban J connectivity index is 1.84. The van der Waals surface area contributed by atoms with Gasteiger partial charge in [-0.05, 0) is 37.6 Å². The molecular formula is C13H23N3. The molecule has 0 spiro atoms. The van der Waals surface area contributed by atoms with Crippen molar-refractivity contribution >= 4 is 0 Å². The average molecular weight is 221 g/mol. The van der Waals surface area contributed by atoms with Crippen molar-refractivity contribution in [2.24, 2.45) is 0 Å². The number of H-pyrrole nitrogens is 1. The zero-order valence-electron chi connectivity index (χ0n) is 10.3. The number of aromatic amines is 1. The zero-order valence-corrected chi connectivity index (χ0v) is 10.3. The monoisotopic (exact) mass is 221 g/mol. The molecule has 0 atom stereocenters. The van der Waals surface area contributed by atoms with Gasteiger partial charge in [0.05, 0.1) is 0 Å². The Bertz CT molecular complexity index is 297. The Hall–Kier alpha value is -0.800. The van der Waals surface area contributed by atoms with E-state index >= 15 is 0 Å². The van der Waals surface area contributed by atoms with Gasteiger partial charge >= 0.3 is 0 Å². The van der Waals surface area contributed by atoms with E-state index in [2.05, 4.69) is 41.7 Å². The smallest absolute Gasteiger partial charge is 0.00915 e. The third-order valence-electron chi connectivity index (χ3n) is 3.55. The normalized spacial score (nSPS) is 18.9. The van der Waals surface area contributed by atoms with Gasteiger partial charge in [-0.2, -0.15) is 0 Å². The molecule has 3 N–H and O–H groups in total. The molecule has 1 aromatic rings. The number of hydrogen-bond donors (Lipinski definition) is 3. The summed E-state index contributed by atoms with van der Waals surface area (Å²) in [7, 11) is 0. The summed E-state index contributed by atoms with van der Waals surface area (Å²) < 4.78 is 0. The highest BCUT2D eigenvalue weighted by atomic mass is 15.0. The van der Waals surface area contributed by atoms with Crippen LogP contribution in [0.15, 0.2) is 18.5 Å². The van der Waals surface area contributed by atoms with E-state index in [9.17, 15) is 0 Å².